The van der Waals surface area contributed by atoms with Crippen LogP contribution < -0.4 is 14.7 Å². The number of hydrogen-bond acceptors (Lipinski definition) is 3. The van der Waals surface area contributed by atoms with Crippen molar-refractivity contribution in [3.8, 4) is 100 Å². The van der Waals surface area contributed by atoms with Gasteiger partial charge in [-0.3, -0.25) is 0 Å². The molecule has 0 atom stereocenters. The average Bonchev–Trinajstić information content (AvgIpc) is 1.57. The van der Waals surface area contributed by atoms with Crippen molar-refractivity contribution >= 4 is 118 Å². The number of fused-ring (bicyclic) bond motifs is 15. The predicted octanol–water partition coefficient (Wildman–Crippen LogP) is 37.8. The van der Waals surface area contributed by atoms with E-state index < -0.39 is 0 Å². The van der Waals surface area contributed by atoms with Crippen molar-refractivity contribution in [3.63, 3.8) is 0 Å². The zero-order valence-corrected chi connectivity index (χ0v) is 78.3. The van der Waals surface area contributed by atoms with Crippen LogP contribution in [0.1, 0.15) is 74.9 Å². The van der Waals surface area contributed by atoms with Gasteiger partial charge < -0.3 is 14.7 Å². The summed E-state index contributed by atoms with van der Waals surface area (Å²) in [5.41, 5.74) is 39.3. The maximum atomic E-state index is 7.01. The first-order valence-corrected chi connectivity index (χ1v) is 47.5. The van der Waals surface area contributed by atoms with Crippen LogP contribution in [-0.2, 0) is 16.2 Å². The molecular formula is C129H96Cl3N3. The third kappa shape index (κ3) is 16.0. The topological polar surface area (TPSA) is 9.72 Å². The largest absolute Gasteiger partial charge is 0.310 e. The zero-order chi connectivity index (χ0) is 91.6. The molecule has 24 rings (SSSR count). The first kappa shape index (κ1) is 85.2. The Kier molecular flexibility index (Phi) is 22.3. The van der Waals surface area contributed by atoms with E-state index in [0.717, 1.165) is 79.0 Å². The normalized spacial score (nSPS) is 13.0. The highest BCUT2D eigenvalue weighted by Gasteiger charge is 2.41. The number of para-hydroxylation sites is 3. The van der Waals surface area contributed by atoms with Gasteiger partial charge in [0, 0.05) is 82.5 Å². The van der Waals surface area contributed by atoms with Gasteiger partial charge in [0.2, 0.25) is 0 Å². The molecule has 3 aliphatic carbocycles. The molecular weight excluding hydrogens is 1700 g/mol. The number of halogens is 3. The Hall–Kier alpha value is -15.3. The Morgan fingerprint density at radius 3 is 0.622 bits per heavy atom. The van der Waals surface area contributed by atoms with E-state index in [2.05, 4.69) is 511 Å². The molecule has 0 saturated heterocycles. The molecule has 0 radical (unpaired) electrons. The molecule has 21 aromatic rings. The molecule has 0 unspecified atom stereocenters. The van der Waals surface area contributed by atoms with Crippen molar-refractivity contribution in [3.05, 3.63) is 522 Å². The molecule has 648 valence electrons. The van der Waals surface area contributed by atoms with Crippen molar-refractivity contribution in [2.75, 3.05) is 14.7 Å². The molecule has 3 aliphatic rings. The molecule has 135 heavy (non-hydrogen) atoms. The smallest absolute Gasteiger partial charge is 0.0482 e. The first-order chi connectivity index (χ1) is 65.9. The van der Waals surface area contributed by atoms with Crippen molar-refractivity contribution in [2.24, 2.45) is 0 Å². The van der Waals surface area contributed by atoms with E-state index in [4.69, 9.17) is 34.8 Å². The van der Waals surface area contributed by atoms with Crippen molar-refractivity contribution in [2.45, 2.75) is 57.8 Å². The van der Waals surface area contributed by atoms with Gasteiger partial charge in [0.25, 0.3) is 0 Å². The molecule has 0 amide bonds. The summed E-state index contributed by atoms with van der Waals surface area (Å²) < 4.78 is 0. The first-order valence-electron chi connectivity index (χ1n) is 46.4. The maximum Gasteiger partial charge on any atom is 0.0482 e. The summed E-state index contributed by atoms with van der Waals surface area (Å²) in [4.78, 5) is 6.84. The number of hydrogen-bond donors (Lipinski definition) is 0. The molecule has 0 aromatic heterocycles. The van der Waals surface area contributed by atoms with E-state index in [1.54, 1.807) is 0 Å². The molecule has 3 nitrogen and oxygen atoms in total. The van der Waals surface area contributed by atoms with Crippen LogP contribution in [0.15, 0.2) is 473 Å². The van der Waals surface area contributed by atoms with Crippen molar-refractivity contribution in [1.29, 1.82) is 0 Å². The number of anilines is 9. The minimum Gasteiger partial charge on any atom is -0.310 e. The molecule has 0 heterocycles. The Morgan fingerprint density at radius 2 is 0.363 bits per heavy atom. The van der Waals surface area contributed by atoms with Gasteiger partial charge in [0.05, 0.1) is 0 Å². The van der Waals surface area contributed by atoms with Gasteiger partial charge in [-0.1, -0.05) is 404 Å². The molecule has 21 aromatic carbocycles. The van der Waals surface area contributed by atoms with Gasteiger partial charge in [0.15, 0.2) is 0 Å². The van der Waals surface area contributed by atoms with Gasteiger partial charge in [-0.2, -0.15) is 0 Å². The van der Waals surface area contributed by atoms with Gasteiger partial charge >= 0.3 is 0 Å². The third-order valence-electron chi connectivity index (χ3n) is 27.8. The Morgan fingerprint density at radius 1 is 0.156 bits per heavy atom. The maximum absolute atomic E-state index is 7.01. The van der Waals surface area contributed by atoms with Crippen molar-refractivity contribution in [1.82, 2.24) is 0 Å². The lowest BCUT2D eigenvalue weighted by Gasteiger charge is -2.27. The van der Waals surface area contributed by atoms with E-state index in [0.29, 0.717) is 15.1 Å². The van der Waals surface area contributed by atoms with E-state index in [-0.39, 0.29) is 16.2 Å². The number of benzene rings is 21. The second-order valence-electron chi connectivity index (χ2n) is 37.1. The van der Waals surface area contributed by atoms with Crippen LogP contribution in [0.5, 0.6) is 0 Å². The molecule has 0 N–H and O–H groups in total. The fraction of sp³-hybridized carbons (Fsp3) is 0.0698. The Bertz CT molecular complexity index is 7940. The average molecular weight is 1790 g/mol. The Balaban J connectivity index is 0.000000119. The summed E-state index contributed by atoms with van der Waals surface area (Å²) in [6.45, 7) is 14.1. The van der Waals surface area contributed by atoms with E-state index >= 15 is 0 Å². The monoisotopic (exact) mass is 1790 g/mol. The van der Waals surface area contributed by atoms with Crippen LogP contribution in [0.25, 0.3) is 132 Å². The summed E-state index contributed by atoms with van der Waals surface area (Å²) in [7, 11) is 0. The second kappa shape index (κ2) is 35.3. The SMILES string of the molecule is CC1(C)c2cc(-c3cc(Cl)cc(N(c4ccc(-c5ccccc5)cc4)c4ccc(-c5ccccc5)cc4)c3)ccc2-c2ccc3ccccc3c21.CC1(C)c2cc(-c3cc(Cl)cc(N(c4ccccc4)c4ccc(-c5ccccc5)cc4)c3)ccc2-c2ccc3ccccc3c21.CC1(C)c2cc(-c3cc(Cl)cc(N(c4ccccc4)c4ccccc4)c3)ccc2-c2ccc3ccccc3c21. The second-order valence-corrected chi connectivity index (χ2v) is 38.4. The molecule has 0 fully saturated rings. The van der Waals surface area contributed by atoms with Gasteiger partial charge in [-0.25, -0.2) is 0 Å². The van der Waals surface area contributed by atoms with Crippen LogP contribution in [0, 0.1) is 0 Å². The number of nitrogens with zero attached hydrogens (tertiary/aromatic N) is 3. The summed E-state index contributed by atoms with van der Waals surface area (Å²) >= 11 is 20.7. The van der Waals surface area contributed by atoms with Crippen LogP contribution >= 0.6 is 34.8 Å². The highest BCUT2D eigenvalue weighted by Crippen LogP contribution is 2.57. The zero-order valence-electron chi connectivity index (χ0n) is 76.0. The highest BCUT2D eigenvalue weighted by atomic mass is 35.5. The lowest BCUT2D eigenvalue weighted by atomic mass is 9.79. The molecule has 0 spiro atoms. The minimum absolute atomic E-state index is 0.108. The van der Waals surface area contributed by atoms with Crippen LogP contribution in [0.2, 0.25) is 15.1 Å². The quantitative estimate of drug-likeness (QED) is 0.101. The Labute approximate surface area is 806 Å². The van der Waals surface area contributed by atoms with E-state index in [9.17, 15) is 0 Å². The lowest BCUT2D eigenvalue weighted by molar-refractivity contribution is 0.666. The fourth-order valence-corrected chi connectivity index (χ4v) is 22.0. The summed E-state index contributed by atoms with van der Waals surface area (Å²) in [6.07, 6.45) is 0. The third-order valence-corrected chi connectivity index (χ3v) is 28.4. The highest BCUT2D eigenvalue weighted by molar-refractivity contribution is 6.32. The summed E-state index contributed by atoms with van der Waals surface area (Å²) in [5.74, 6) is 0. The lowest BCUT2D eigenvalue weighted by Crippen LogP contribution is -2.15. The van der Waals surface area contributed by atoms with Gasteiger partial charge in [0.1, 0.15) is 0 Å². The molecule has 6 heteroatoms. The summed E-state index contributed by atoms with van der Waals surface area (Å²) in [5, 5.41) is 9.98. The molecule has 0 aliphatic heterocycles. The van der Waals surface area contributed by atoms with Crippen LogP contribution in [-0.4, -0.2) is 0 Å². The predicted molar refractivity (Wildman–Crippen MR) is 576 cm³/mol. The van der Waals surface area contributed by atoms with Gasteiger partial charge in [-0.05, 0) is 311 Å². The van der Waals surface area contributed by atoms with E-state index in [1.165, 1.54) is 138 Å². The standard InChI is InChI=1S/C49H36ClN.C43H32ClN.C37H28ClN/c1-49(2)47-31-38(22-27-45(47)46-28-21-37-15-9-10-16-44(37)48(46)49)39-29-40(50)32-43(30-39)51(41-23-17-35(18-24-41)33-11-5-3-6-12-33)42-25-19-36(20-26-42)34-13-7-4-8-14-34;1-43(2)41-27-32(20-23-39(41)40-24-19-31-13-9-10-16-38(31)42(40)43)33-25-34(44)28-37(26-33)45(35-14-7-4-8-15-35)36-21-17-30(18-22-36)29-11-5-3-6-12-29;1-37(2)35-23-26(18-19-33(35)34-20-17-25-11-9-10-16-32(25)36(34)37)27-21-28(38)24-31(22-27)39(29-12-5-3-6-13-29)30-14-7-4-8-15-30/h3-32H,1-2H3;3-28H,1-2H3;3-24H,1-2H3. The fourth-order valence-electron chi connectivity index (χ4n) is 21.3. The van der Waals surface area contributed by atoms with Crippen LogP contribution in [0.3, 0.4) is 0 Å². The van der Waals surface area contributed by atoms with Crippen LogP contribution in [0.4, 0.5) is 51.2 Å². The molecule has 0 saturated carbocycles. The molecule has 0 bridgehead atoms. The van der Waals surface area contributed by atoms with Gasteiger partial charge in [-0.15, -0.1) is 0 Å². The minimum atomic E-state index is -0.143. The number of rotatable bonds is 15. The summed E-state index contributed by atoms with van der Waals surface area (Å²) in [6, 6.07) is 169. The van der Waals surface area contributed by atoms with E-state index in [1.807, 2.05) is 18.2 Å². The van der Waals surface area contributed by atoms with Crippen molar-refractivity contribution < 1.29 is 0 Å².